The number of hydrogen-bond donors (Lipinski definition) is 0. The van der Waals surface area contributed by atoms with Crippen molar-refractivity contribution < 1.29 is 4.79 Å². The van der Waals surface area contributed by atoms with Gasteiger partial charge in [0.1, 0.15) is 0 Å². The number of amides is 1. The van der Waals surface area contributed by atoms with Gasteiger partial charge in [-0.05, 0) is 31.6 Å². The van der Waals surface area contributed by atoms with E-state index < -0.39 is 0 Å². The standard InChI is InChI=1S/C15H23N3O/c1-12-3-2-6-17(7-4-12)15(19)13-5-8-18-11-16-10-14(18)9-13/h10-13H,2-9H2,1H3. The Labute approximate surface area is 114 Å². The van der Waals surface area contributed by atoms with E-state index in [0.717, 1.165) is 51.2 Å². The minimum atomic E-state index is 0.178. The lowest BCUT2D eigenvalue weighted by Crippen LogP contribution is -2.39. The van der Waals surface area contributed by atoms with Gasteiger partial charge in [-0.1, -0.05) is 6.92 Å². The van der Waals surface area contributed by atoms with E-state index in [2.05, 4.69) is 21.4 Å². The van der Waals surface area contributed by atoms with Gasteiger partial charge in [0.15, 0.2) is 0 Å². The average molecular weight is 261 g/mol. The lowest BCUT2D eigenvalue weighted by Gasteiger charge is -2.29. The number of nitrogens with zero attached hydrogens (tertiary/aromatic N) is 3. The van der Waals surface area contributed by atoms with Crippen molar-refractivity contribution in [1.82, 2.24) is 14.5 Å². The van der Waals surface area contributed by atoms with E-state index in [9.17, 15) is 4.79 Å². The summed E-state index contributed by atoms with van der Waals surface area (Å²) in [5, 5.41) is 0. The van der Waals surface area contributed by atoms with Gasteiger partial charge in [0.25, 0.3) is 0 Å². The first-order valence-electron chi connectivity index (χ1n) is 7.52. The molecule has 2 aliphatic rings. The lowest BCUT2D eigenvalue weighted by atomic mass is 9.94. The Bertz CT molecular complexity index is 454. The summed E-state index contributed by atoms with van der Waals surface area (Å²) in [6, 6.07) is 0. The maximum absolute atomic E-state index is 12.6. The summed E-state index contributed by atoms with van der Waals surface area (Å²) in [6.07, 6.45) is 9.21. The molecule has 3 rings (SSSR count). The number of carbonyl (C=O) groups is 1. The molecule has 2 aliphatic heterocycles. The van der Waals surface area contributed by atoms with Crippen LogP contribution in [0.5, 0.6) is 0 Å². The van der Waals surface area contributed by atoms with E-state index in [1.54, 1.807) is 0 Å². The molecule has 0 bridgehead atoms. The molecule has 0 aromatic carbocycles. The quantitative estimate of drug-likeness (QED) is 0.776. The van der Waals surface area contributed by atoms with Crippen molar-refractivity contribution in [2.45, 2.75) is 45.6 Å². The smallest absolute Gasteiger partial charge is 0.226 e. The monoisotopic (exact) mass is 261 g/mol. The van der Waals surface area contributed by atoms with Crippen molar-refractivity contribution in [1.29, 1.82) is 0 Å². The lowest BCUT2D eigenvalue weighted by molar-refractivity contribution is -0.136. The van der Waals surface area contributed by atoms with Crippen molar-refractivity contribution in [2.75, 3.05) is 13.1 Å². The van der Waals surface area contributed by atoms with Crippen LogP contribution in [-0.2, 0) is 17.8 Å². The highest BCUT2D eigenvalue weighted by atomic mass is 16.2. The normalized spacial score (nSPS) is 27.7. The van der Waals surface area contributed by atoms with Gasteiger partial charge >= 0.3 is 0 Å². The molecule has 0 radical (unpaired) electrons. The molecule has 104 valence electrons. The molecule has 0 N–H and O–H groups in total. The number of hydrogen-bond acceptors (Lipinski definition) is 2. The predicted molar refractivity (Wildman–Crippen MR) is 73.6 cm³/mol. The van der Waals surface area contributed by atoms with Gasteiger partial charge < -0.3 is 9.47 Å². The number of carbonyl (C=O) groups excluding carboxylic acids is 1. The second kappa shape index (κ2) is 5.35. The van der Waals surface area contributed by atoms with Gasteiger partial charge in [-0.3, -0.25) is 4.79 Å². The van der Waals surface area contributed by atoms with Crippen LogP contribution < -0.4 is 0 Å². The zero-order valence-corrected chi connectivity index (χ0v) is 11.7. The largest absolute Gasteiger partial charge is 0.342 e. The molecule has 1 aromatic heterocycles. The van der Waals surface area contributed by atoms with Crippen LogP contribution in [0.2, 0.25) is 0 Å². The number of fused-ring (bicyclic) bond motifs is 1. The maximum Gasteiger partial charge on any atom is 0.226 e. The summed E-state index contributed by atoms with van der Waals surface area (Å²) in [7, 11) is 0. The minimum absolute atomic E-state index is 0.178. The van der Waals surface area contributed by atoms with Crippen molar-refractivity contribution >= 4 is 5.91 Å². The maximum atomic E-state index is 12.6. The molecule has 2 atom stereocenters. The minimum Gasteiger partial charge on any atom is -0.342 e. The van der Waals surface area contributed by atoms with Crippen LogP contribution in [0.1, 0.15) is 38.3 Å². The van der Waals surface area contributed by atoms with E-state index in [1.165, 1.54) is 12.1 Å². The summed E-state index contributed by atoms with van der Waals surface area (Å²) in [6.45, 7) is 5.15. The van der Waals surface area contributed by atoms with Crippen LogP contribution in [0, 0.1) is 11.8 Å². The second-order valence-corrected chi connectivity index (χ2v) is 6.13. The topological polar surface area (TPSA) is 38.1 Å². The van der Waals surface area contributed by atoms with Crippen molar-refractivity contribution in [3.8, 4) is 0 Å². The van der Waals surface area contributed by atoms with Crippen molar-refractivity contribution in [3.63, 3.8) is 0 Å². The zero-order chi connectivity index (χ0) is 13.2. The second-order valence-electron chi connectivity index (χ2n) is 6.13. The summed E-state index contributed by atoms with van der Waals surface area (Å²) in [5.41, 5.74) is 1.22. The summed E-state index contributed by atoms with van der Waals surface area (Å²) >= 11 is 0. The Hall–Kier alpha value is -1.32. The molecule has 4 heteroatoms. The first-order chi connectivity index (χ1) is 9.24. The highest BCUT2D eigenvalue weighted by Crippen LogP contribution is 2.24. The van der Waals surface area contributed by atoms with Gasteiger partial charge in [0.2, 0.25) is 5.91 Å². The molecule has 0 aliphatic carbocycles. The molecule has 0 saturated carbocycles. The van der Waals surface area contributed by atoms with E-state index in [-0.39, 0.29) is 5.92 Å². The average Bonchev–Trinajstić information content (AvgIpc) is 2.78. The van der Waals surface area contributed by atoms with Gasteiger partial charge in [0.05, 0.1) is 6.33 Å². The molecular formula is C15H23N3O. The Morgan fingerprint density at radius 3 is 3.05 bits per heavy atom. The SMILES string of the molecule is CC1CCCN(C(=O)C2CCn3cncc3C2)CC1. The number of aryl methyl sites for hydroxylation is 1. The Kier molecular flexibility index (Phi) is 3.58. The zero-order valence-electron chi connectivity index (χ0n) is 11.7. The molecule has 1 aromatic rings. The molecule has 19 heavy (non-hydrogen) atoms. The molecule has 1 saturated heterocycles. The van der Waals surface area contributed by atoms with Gasteiger partial charge in [-0.15, -0.1) is 0 Å². The highest BCUT2D eigenvalue weighted by molar-refractivity contribution is 5.79. The number of imidazole rings is 1. The fourth-order valence-corrected chi connectivity index (χ4v) is 3.32. The summed E-state index contributed by atoms with van der Waals surface area (Å²) in [5.74, 6) is 1.32. The fourth-order valence-electron chi connectivity index (χ4n) is 3.32. The highest BCUT2D eigenvalue weighted by Gasteiger charge is 2.29. The van der Waals surface area contributed by atoms with Gasteiger partial charge in [-0.25, -0.2) is 4.98 Å². The first kappa shape index (κ1) is 12.7. The molecule has 0 spiro atoms. The van der Waals surface area contributed by atoms with Crippen LogP contribution in [0.4, 0.5) is 0 Å². The molecule has 1 fully saturated rings. The van der Waals surface area contributed by atoms with Crippen molar-refractivity contribution in [2.24, 2.45) is 11.8 Å². The predicted octanol–water partition coefficient (Wildman–Crippen LogP) is 2.09. The van der Waals surface area contributed by atoms with Crippen LogP contribution in [0.3, 0.4) is 0 Å². The van der Waals surface area contributed by atoms with E-state index in [1.807, 2.05) is 12.5 Å². The Morgan fingerprint density at radius 1 is 1.26 bits per heavy atom. The third-order valence-corrected chi connectivity index (χ3v) is 4.65. The summed E-state index contributed by atoms with van der Waals surface area (Å²) in [4.78, 5) is 18.9. The molecule has 1 amide bonds. The van der Waals surface area contributed by atoms with E-state index in [4.69, 9.17) is 0 Å². The molecule has 3 heterocycles. The van der Waals surface area contributed by atoms with Gasteiger partial charge in [-0.2, -0.15) is 0 Å². The van der Waals surface area contributed by atoms with E-state index >= 15 is 0 Å². The first-order valence-corrected chi connectivity index (χ1v) is 7.52. The van der Waals surface area contributed by atoms with Crippen LogP contribution >= 0.6 is 0 Å². The molecule has 4 nitrogen and oxygen atoms in total. The summed E-state index contributed by atoms with van der Waals surface area (Å²) < 4.78 is 2.17. The van der Waals surface area contributed by atoms with Crippen LogP contribution in [0.15, 0.2) is 12.5 Å². The third kappa shape index (κ3) is 2.67. The molecule has 2 unspecified atom stereocenters. The number of likely N-dealkylation sites (tertiary alicyclic amines) is 1. The third-order valence-electron chi connectivity index (χ3n) is 4.65. The fraction of sp³-hybridized carbons (Fsp3) is 0.733. The van der Waals surface area contributed by atoms with Gasteiger partial charge in [0, 0.05) is 43.9 Å². The number of rotatable bonds is 1. The Morgan fingerprint density at radius 2 is 2.16 bits per heavy atom. The Balaban J connectivity index is 1.64. The van der Waals surface area contributed by atoms with Crippen LogP contribution in [-0.4, -0.2) is 33.4 Å². The van der Waals surface area contributed by atoms with E-state index in [0.29, 0.717) is 5.91 Å². The van der Waals surface area contributed by atoms with Crippen molar-refractivity contribution in [3.05, 3.63) is 18.2 Å². The number of aromatic nitrogens is 2. The van der Waals surface area contributed by atoms with Crippen LogP contribution in [0.25, 0.3) is 0 Å². The molecular weight excluding hydrogens is 238 g/mol.